The van der Waals surface area contributed by atoms with Crippen molar-refractivity contribution in [2.24, 2.45) is 0 Å². The molecule has 144 valence electrons. The van der Waals surface area contributed by atoms with Crippen LogP contribution in [0.25, 0.3) is 5.69 Å². The first-order chi connectivity index (χ1) is 13.6. The number of rotatable bonds is 8. The Hall–Kier alpha value is -3.75. The topological polar surface area (TPSA) is 111 Å². The monoisotopic (exact) mass is 380 g/mol. The maximum Gasteiger partial charge on any atom is 0.257 e. The van der Waals surface area contributed by atoms with E-state index in [0.29, 0.717) is 18.0 Å². The molecule has 0 aliphatic rings. The lowest BCUT2D eigenvalue weighted by molar-refractivity contribution is -0.123. The van der Waals surface area contributed by atoms with Gasteiger partial charge in [-0.15, -0.1) is 5.10 Å². The number of amides is 2. The molecule has 28 heavy (non-hydrogen) atoms. The minimum absolute atomic E-state index is 0.0706. The highest BCUT2D eigenvalue weighted by atomic mass is 16.5. The predicted octanol–water partition coefficient (Wildman–Crippen LogP) is 1.36. The fourth-order valence-electron chi connectivity index (χ4n) is 2.50. The van der Waals surface area contributed by atoms with Crippen LogP contribution in [-0.2, 0) is 16.0 Å². The van der Waals surface area contributed by atoms with Crippen molar-refractivity contribution in [3.63, 3.8) is 0 Å². The second kappa shape index (κ2) is 9.26. The number of hydrogen-bond donors (Lipinski definition) is 2. The highest BCUT2D eigenvalue weighted by Gasteiger charge is 2.07. The van der Waals surface area contributed by atoms with Crippen molar-refractivity contribution in [2.45, 2.75) is 13.3 Å². The van der Waals surface area contributed by atoms with Gasteiger partial charge in [-0.3, -0.25) is 9.59 Å². The van der Waals surface area contributed by atoms with E-state index in [1.54, 1.807) is 24.3 Å². The van der Waals surface area contributed by atoms with Crippen molar-refractivity contribution in [1.29, 1.82) is 0 Å². The van der Waals surface area contributed by atoms with Gasteiger partial charge in [0.2, 0.25) is 5.91 Å². The molecule has 0 radical (unpaired) electrons. The Morgan fingerprint density at radius 2 is 1.93 bits per heavy atom. The van der Waals surface area contributed by atoms with Crippen LogP contribution in [0.4, 0.5) is 5.69 Å². The minimum atomic E-state index is -0.193. The van der Waals surface area contributed by atoms with Crippen LogP contribution in [0.2, 0.25) is 0 Å². The maximum absolute atomic E-state index is 12.3. The number of likely N-dealkylation sites (N-methyl/N-ethyl adjacent to an activating group) is 1. The second-order valence-electron chi connectivity index (χ2n) is 5.92. The molecule has 0 aliphatic carbocycles. The zero-order valence-electron chi connectivity index (χ0n) is 15.3. The molecule has 0 saturated heterocycles. The Bertz CT molecular complexity index is 925. The molecule has 0 fully saturated rings. The molecule has 2 aromatic carbocycles. The molecule has 9 heteroatoms. The molecular weight excluding hydrogens is 360 g/mol. The number of benzene rings is 2. The number of carbonyl (C=O) groups is 2. The second-order valence-corrected chi connectivity index (χ2v) is 5.92. The molecule has 0 bridgehead atoms. The van der Waals surface area contributed by atoms with Gasteiger partial charge in [-0.2, -0.15) is 0 Å². The molecule has 0 atom stereocenters. The lowest BCUT2D eigenvalue weighted by Crippen LogP contribution is -2.28. The predicted molar refractivity (Wildman–Crippen MR) is 102 cm³/mol. The zero-order chi connectivity index (χ0) is 19.8. The van der Waals surface area contributed by atoms with Gasteiger partial charge in [0.05, 0.1) is 12.1 Å². The minimum Gasteiger partial charge on any atom is -0.484 e. The van der Waals surface area contributed by atoms with E-state index < -0.39 is 0 Å². The van der Waals surface area contributed by atoms with E-state index in [-0.39, 0.29) is 24.8 Å². The Morgan fingerprint density at radius 1 is 1.11 bits per heavy atom. The summed E-state index contributed by atoms with van der Waals surface area (Å²) in [7, 11) is 0. The fraction of sp³-hybridized carbons (Fsp3) is 0.211. The highest BCUT2D eigenvalue weighted by molar-refractivity contribution is 5.92. The Kier molecular flexibility index (Phi) is 6.29. The number of aromatic nitrogens is 4. The van der Waals surface area contributed by atoms with Gasteiger partial charge < -0.3 is 15.4 Å². The van der Waals surface area contributed by atoms with Gasteiger partial charge in [-0.1, -0.05) is 18.2 Å². The van der Waals surface area contributed by atoms with Crippen molar-refractivity contribution in [3.8, 4) is 11.4 Å². The van der Waals surface area contributed by atoms with E-state index >= 15 is 0 Å². The third-order valence-electron chi connectivity index (χ3n) is 3.78. The van der Waals surface area contributed by atoms with Gasteiger partial charge in [-0.05, 0) is 47.2 Å². The first-order valence-corrected chi connectivity index (χ1v) is 8.76. The van der Waals surface area contributed by atoms with Gasteiger partial charge in [0.1, 0.15) is 12.1 Å². The van der Waals surface area contributed by atoms with Crippen LogP contribution in [0, 0.1) is 0 Å². The molecule has 2 amide bonds. The van der Waals surface area contributed by atoms with Crippen LogP contribution in [-0.4, -0.2) is 45.2 Å². The van der Waals surface area contributed by atoms with Crippen LogP contribution >= 0.6 is 0 Å². The van der Waals surface area contributed by atoms with E-state index in [4.69, 9.17) is 4.74 Å². The van der Waals surface area contributed by atoms with Crippen molar-refractivity contribution >= 4 is 17.5 Å². The van der Waals surface area contributed by atoms with Gasteiger partial charge in [0, 0.05) is 18.3 Å². The fourth-order valence-corrected chi connectivity index (χ4v) is 2.50. The number of carbonyl (C=O) groups excluding carboxylic acids is 2. The third-order valence-corrected chi connectivity index (χ3v) is 3.78. The molecule has 1 aromatic heterocycles. The maximum atomic E-state index is 12.3. The summed E-state index contributed by atoms with van der Waals surface area (Å²) in [6, 6.07) is 14.3. The SMILES string of the molecule is CCNC(=O)COc1cccc(NC(=O)Cc2ccc(-n3cnnn3)cc2)c1. The molecule has 1 heterocycles. The third kappa shape index (κ3) is 5.37. The lowest BCUT2D eigenvalue weighted by Gasteiger charge is -2.09. The van der Waals surface area contributed by atoms with Crippen molar-refractivity contribution in [1.82, 2.24) is 25.5 Å². The van der Waals surface area contributed by atoms with E-state index in [0.717, 1.165) is 11.3 Å². The molecule has 9 nitrogen and oxygen atoms in total. The molecule has 0 aliphatic heterocycles. The van der Waals surface area contributed by atoms with Crippen LogP contribution in [0.3, 0.4) is 0 Å². The number of tetrazole rings is 1. The Morgan fingerprint density at radius 3 is 2.64 bits per heavy atom. The average Bonchev–Trinajstić information content (AvgIpc) is 3.22. The summed E-state index contributed by atoms with van der Waals surface area (Å²) in [6.45, 7) is 2.32. The van der Waals surface area contributed by atoms with E-state index in [1.807, 2.05) is 31.2 Å². The molecule has 3 rings (SSSR count). The summed E-state index contributed by atoms with van der Waals surface area (Å²) in [6.07, 6.45) is 1.72. The molecule has 0 unspecified atom stereocenters. The summed E-state index contributed by atoms with van der Waals surface area (Å²) in [5.41, 5.74) is 2.27. The number of anilines is 1. The van der Waals surface area contributed by atoms with Crippen LogP contribution in [0.5, 0.6) is 5.75 Å². The van der Waals surface area contributed by atoms with Crippen molar-refractivity contribution in [2.75, 3.05) is 18.5 Å². The van der Waals surface area contributed by atoms with E-state index in [2.05, 4.69) is 26.2 Å². The zero-order valence-corrected chi connectivity index (χ0v) is 15.3. The summed E-state index contributed by atoms with van der Waals surface area (Å²) < 4.78 is 6.97. The Balaban J connectivity index is 1.54. The van der Waals surface area contributed by atoms with Gasteiger partial charge in [0.15, 0.2) is 6.61 Å². The van der Waals surface area contributed by atoms with Gasteiger partial charge in [-0.25, -0.2) is 4.68 Å². The molecule has 0 saturated carbocycles. The average molecular weight is 380 g/mol. The quantitative estimate of drug-likeness (QED) is 0.610. The first-order valence-electron chi connectivity index (χ1n) is 8.76. The highest BCUT2D eigenvalue weighted by Crippen LogP contribution is 2.18. The molecule has 2 N–H and O–H groups in total. The summed E-state index contributed by atoms with van der Waals surface area (Å²) >= 11 is 0. The van der Waals surface area contributed by atoms with Crippen LogP contribution < -0.4 is 15.4 Å². The van der Waals surface area contributed by atoms with Crippen molar-refractivity contribution < 1.29 is 14.3 Å². The number of hydrogen-bond acceptors (Lipinski definition) is 6. The van der Waals surface area contributed by atoms with E-state index in [1.165, 1.54) is 11.0 Å². The number of nitrogens with one attached hydrogen (secondary N) is 2. The van der Waals surface area contributed by atoms with Crippen LogP contribution in [0.1, 0.15) is 12.5 Å². The smallest absolute Gasteiger partial charge is 0.257 e. The Labute approximate surface area is 161 Å². The molecular formula is C19H20N6O3. The number of nitrogens with zero attached hydrogens (tertiary/aromatic N) is 4. The summed E-state index contributed by atoms with van der Waals surface area (Å²) in [5.74, 6) is 0.160. The standard InChI is InChI=1S/C19H20N6O3/c1-2-20-19(27)12-28-17-5-3-4-15(11-17)22-18(26)10-14-6-8-16(9-7-14)25-13-21-23-24-25/h3-9,11,13H,2,10,12H2,1H3,(H,20,27)(H,22,26). The number of ether oxygens (including phenoxy) is 1. The summed E-state index contributed by atoms with van der Waals surface area (Å²) in [4.78, 5) is 23.8. The molecule has 0 spiro atoms. The van der Waals surface area contributed by atoms with Crippen LogP contribution in [0.15, 0.2) is 54.9 Å². The largest absolute Gasteiger partial charge is 0.484 e. The van der Waals surface area contributed by atoms with Crippen molar-refractivity contribution in [3.05, 3.63) is 60.4 Å². The van der Waals surface area contributed by atoms with E-state index in [9.17, 15) is 9.59 Å². The normalized spacial score (nSPS) is 10.3. The molecule has 3 aromatic rings. The van der Waals surface area contributed by atoms with Gasteiger partial charge in [0.25, 0.3) is 5.91 Å². The summed E-state index contributed by atoms with van der Waals surface area (Å²) in [5, 5.41) is 16.5. The first kappa shape index (κ1) is 19.0. The lowest BCUT2D eigenvalue weighted by atomic mass is 10.1. The van der Waals surface area contributed by atoms with Gasteiger partial charge >= 0.3 is 0 Å².